The summed E-state index contributed by atoms with van der Waals surface area (Å²) in [6.07, 6.45) is 0.190. The van der Waals surface area contributed by atoms with Crippen molar-refractivity contribution in [1.82, 2.24) is 4.90 Å². The summed E-state index contributed by atoms with van der Waals surface area (Å²) in [4.78, 5) is 25.6. The Morgan fingerprint density at radius 2 is 1.80 bits per heavy atom. The number of nitrogens with one attached hydrogen (secondary N) is 1. The number of carbonyl (C=O) groups excluding carboxylic acids is 2. The number of amides is 2. The van der Waals surface area contributed by atoms with E-state index in [9.17, 15) is 9.59 Å². The molecule has 0 aromatic heterocycles. The van der Waals surface area contributed by atoms with E-state index in [1.165, 1.54) is 6.92 Å². The van der Waals surface area contributed by atoms with Crippen molar-refractivity contribution in [3.05, 3.63) is 63.6 Å². The lowest BCUT2D eigenvalue weighted by atomic mass is 10.2. The molecule has 2 amide bonds. The first-order chi connectivity index (χ1) is 11.9. The van der Waals surface area contributed by atoms with Crippen LogP contribution in [0.4, 0.5) is 5.69 Å². The largest absolute Gasteiger partial charge is 0.338 e. The smallest absolute Gasteiger partial charge is 0.226 e. The number of aryl methyl sites for hydroxylation is 1. The van der Waals surface area contributed by atoms with Gasteiger partial charge in [0.15, 0.2) is 0 Å². The lowest BCUT2D eigenvalue weighted by molar-refractivity contribution is -0.129. The monoisotopic (exact) mass is 378 g/mol. The van der Waals surface area contributed by atoms with Crippen molar-refractivity contribution >= 4 is 40.7 Å². The molecule has 0 saturated heterocycles. The molecule has 0 saturated carbocycles. The highest BCUT2D eigenvalue weighted by atomic mass is 35.5. The number of halogens is 2. The molecule has 2 aromatic rings. The third-order valence-electron chi connectivity index (χ3n) is 3.83. The first-order valence-corrected chi connectivity index (χ1v) is 8.67. The van der Waals surface area contributed by atoms with Crippen LogP contribution in [0.2, 0.25) is 10.0 Å². The zero-order valence-corrected chi connectivity index (χ0v) is 15.7. The predicted octanol–water partition coefficient (Wildman–Crippen LogP) is 4.68. The number of rotatable bonds is 6. The highest BCUT2D eigenvalue weighted by Crippen LogP contribution is 2.20. The highest BCUT2D eigenvalue weighted by Gasteiger charge is 2.13. The van der Waals surface area contributed by atoms with Crippen LogP contribution in [0.5, 0.6) is 0 Å². The van der Waals surface area contributed by atoms with E-state index < -0.39 is 0 Å². The Balaban J connectivity index is 1.94. The van der Waals surface area contributed by atoms with Crippen LogP contribution in [0.25, 0.3) is 0 Å². The standard InChI is InChI=1S/C19H20Cl2N2O2/c1-13-7-8-16(11-18(13)21)22-19(25)9-10-23(14(2)24)12-15-5-3-4-6-17(15)20/h3-8,11H,9-10,12H2,1-2H3,(H,22,25). The van der Waals surface area contributed by atoms with Gasteiger partial charge in [-0.3, -0.25) is 9.59 Å². The number of carbonyl (C=O) groups is 2. The SMILES string of the molecule is CC(=O)N(CCC(=O)Nc1ccc(C)c(Cl)c1)Cc1ccccc1Cl. The molecule has 0 unspecified atom stereocenters. The quantitative estimate of drug-likeness (QED) is 0.792. The summed E-state index contributed by atoms with van der Waals surface area (Å²) in [7, 11) is 0. The second-order valence-corrected chi connectivity index (χ2v) is 6.61. The molecule has 6 heteroatoms. The van der Waals surface area contributed by atoms with Crippen LogP contribution in [0.15, 0.2) is 42.5 Å². The average Bonchev–Trinajstić information content (AvgIpc) is 2.56. The van der Waals surface area contributed by atoms with Crippen LogP contribution in [-0.4, -0.2) is 23.3 Å². The van der Waals surface area contributed by atoms with Crippen LogP contribution in [0.3, 0.4) is 0 Å². The first kappa shape index (κ1) is 19.3. The van der Waals surface area contributed by atoms with E-state index >= 15 is 0 Å². The molecule has 0 aliphatic rings. The third-order valence-corrected chi connectivity index (χ3v) is 4.60. The maximum absolute atomic E-state index is 12.1. The number of hydrogen-bond donors (Lipinski definition) is 1. The summed E-state index contributed by atoms with van der Waals surface area (Å²) in [6, 6.07) is 12.7. The molecular weight excluding hydrogens is 359 g/mol. The Kier molecular flexibility index (Phi) is 6.85. The fourth-order valence-corrected chi connectivity index (χ4v) is 2.69. The van der Waals surface area contributed by atoms with Gasteiger partial charge < -0.3 is 10.2 Å². The highest BCUT2D eigenvalue weighted by molar-refractivity contribution is 6.31. The van der Waals surface area contributed by atoms with E-state index in [4.69, 9.17) is 23.2 Å². The van der Waals surface area contributed by atoms with Gasteiger partial charge in [0.1, 0.15) is 0 Å². The van der Waals surface area contributed by atoms with Gasteiger partial charge in [0.05, 0.1) is 0 Å². The third kappa shape index (κ3) is 5.76. The summed E-state index contributed by atoms with van der Waals surface area (Å²) >= 11 is 12.2. The number of anilines is 1. The fourth-order valence-electron chi connectivity index (χ4n) is 2.31. The van der Waals surface area contributed by atoms with E-state index in [2.05, 4.69) is 5.32 Å². The zero-order valence-electron chi connectivity index (χ0n) is 14.2. The molecular formula is C19H20Cl2N2O2. The molecule has 2 rings (SSSR count). The normalized spacial score (nSPS) is 10.4. The van der Waals surface area contributed by atoms with Gasteiger partial charge in [0.25, 0.3) is 0 Å². The Morgan fingerprint density at radius 1 is 1.08 bits per heavy atom. The van der Waals surface area contributed by atoms with Gasteiger partial charge >= 0.3 is 0 Å². The average molecular weight is 379 g/mol. The zero-order chi connectivity index (χ0) is 18.4. The Labute approximate surface area is 157 Å². The van der Waals surface area contributed by atoms with Gasteiger partial charge in [-0.15, -0.1) is 0 Å². The van der Waals surface area contributed by atoms with Crippen molar-refractivity contribution in [1.29, 1.82) is 0 Å². The summed E-state index contributed by atoms with van der Waals surface area (Å²) in [5, 5.41) is 4.00. The molecule has 0 radical (unpaired) electrons. The summed E-state index contributed by atoms with van der Waals surface area (Å²) in [5.74, 6) is -0.281. The van der Waals surface area contributed by atoms with E-state index in [0.29, 0.717) is 28.8 Å². The lowest BCUT2D eigenvalue weighted by Gasteiger charge is -2.21. The maximum atomic E-state index is 12.1. The maximum Gasteiger partial charge on any atom is 0.226 e. The number of hydrogen-bond acceptors (Lipinski definition) is 2. The number of benzene rings is 2. The molecule has 132 valence electrons. The molecule has 0 aliphatic carbocycles. The predicted molar refractivity (Wildman–Crippen MR) is 102 cm³/mol. The molecule has 0 aliphatic heterocycles. The van der Waals surface area contributed by atoms with Crippen molar-refractivity contribution in [3.63, 3.8) is 0 Å². The minimum atomic E-state index is -0.176. The summed E-state index contributed by atoms with van der Waals surface area (Å²) in [6.45, 7) is 4.06. The van der Waals surface area contributed by atoms with Gasteiger partial charge in [0, 0.05) is 42.2 Å². The second kappa shape index (κ2) is 8.88. The van der Waals surface area contributed by atoms with Crippen LogP contribution < -0.4 is 5.32 Å². The minimum Gasteiger partial charge on any atom is -0.338 e. The van der Waals surface area contributed by atoms with Crippen LogP contribution in [-0.2, 0) is 16.1 Å². The number of nitrogens with zero attached hydrogens (tertiary/aromatic N) is 1. The second-order valence-electron chi connectivity index (χ2n) is 5.79. The molecule has 4 nitrogen and oxygen atoms in total. The molecule has 0 heterocycles. The topological polar surface area (TPSA) is 49.4 Å². The fraction of sp³-hybridized carbons (Fsp3) is 0.263. The van der Waals surface area contributed by atoms with Gasteiger partial charge in [-0.2, -0.15) is 0 Å². The Bertz CT molecular complexity index is 778. The first-order valence-electron chi connectivity index (χ1n) is 7.91. The van der Waals surface area contributed by atoms with Crippen molar-refractivity contribution in [2.75, 3.05) is 11.9 Å². The van der Waals surface area contributed by atoms with Gasteiger partial charge in [0.2, 0.25) is 11.8 Å². The van der Waals surface area contributed by atoms with Crippen molar-refractivity contribution in [2.45, 2.75) is 26.8 Å². The van der Waals surface area contributed by atoms with Crippen molar-refractivity contribution in [3.8, 4) is 0 Å². The summed E-state index contributed by atoms with van der Waals surface area (Å²) < 4.78 is 0. The molecule has 0 bridgehead atoms. The van der Waals surface area contributed by atoms with Crippen molar-refractivity contribution < 1.29 is 9.59 Å². The molecule has 0 atom stereocenters. The lowest BCUT2D eigenvalue weighted by Crippen LogP contribution is -2.31. The van der Waals surface area contributed by atoms with E-state index in [1.807, 2.05) is 31.2 Å². The Hall–Kier alpha value is -2.04. The van der Waals surface area contributed by atoms with Gasteiger partial charge in [-0.25, -0.2) is 0 Å². The van der Waals surface area contributed by atoms with E-state index in [1.54, 1.807) is 23.1 Å². The summed E-state index contributed by atoms with van der Waals surface area (Å²) in [5.41, 5.74) is 2.44. The molecule has 0 fully saturated rings. The van der Waals surface area contributed by atoms with Gasteiger partial charge in [-0.05, 0) is 36.2 Å². The van der Waals surface area contributed by atoms with Crippen molar-refractivity contribution in [2.24, 2.45) is 0 Å². The molecule has 2 aromatic carbocycles. The molecule has 0 spiro atoms. The van der Waals surface area contributed by atoms with Crippen LogP contribution in [0, 0.1) is 6.92 Å². The van der Waals surface area contributed by atoms with Gasteiger partial charge in [-0.1, -0.05) is 47.5 Å². The van der Waals surface area contributed by atoms with E-state index in [-0.39, 0.29) is 18.2 Å². The van der Waals surface area contributed by atoms with Crippen LogP contribution in [0.1, 0.15) is 24.5 Å². The minimum absolute atomic E-state index is 0.105. The van der Waals surface area contributed by atoms with E-state index in [0.717, 1.165) is 11.1 Å². The Morgan fingerprint density at radius 3 is 2.44 bits per heavy atom. The molecule has 1 N–H and O–H groups in total. The van der Waals surface area contributed by atoms with Crippen LogP contribution >= 0.6 is 23.2 Å². The molecule has 25 heavy (non-hydrogen) atoms.